The molecule has 2 heteroatoms. The highest BCUT2D eigenvalue weighted by atomic mass is 79.9. The van der Waals surface area contributed by atoms with Gasteiger partial charge in [-0.1, -0.05) is 34.7 Å². The fraction of sp³-hybridized carbons (Fsp3) is 0.182. The summed E-state index contributed by atoms with van der Waals surface area (Å²) in [7, 11) is 0. The second-order valence-electron chi connectivity index (χ2n) is 2.89. The van der Waals surface area contributed by atoms with Crippen molar-refractivity contribution < 1.29 is 0 Å². The molecular formula is C11H12BrN. The van der Waals surface area contributed by atoms with E-state index < -0.39 is 0 Å². The molecule has 1 heterocycles. The Labute approximate surface area is 87.3 Å². The molecule has 1 aromatic heterocycles. The van der Waals surface area contributed by atoms with Gasteiger partial charge >= 0.3 is 0 Å². The highest BCUT2D eigenvalue weighted by molar-refractivity contribution is 9.12. The van der Waals surface area contributed by atoms with Gasteiger partial charge in [-0.05, 0) is 31.6 Å². The maximum absolute atomic E-state index is 4.41. The second kappa shape index (κ2) is 4.38. The van der Waals surface area contributed by atoms with Crippen LogP contribution in [0.25, 0.3) is 6.08 Å². The first kappa shape index (κ1) is 10.2. The van der Waals surface area contributed by atoms with Gasteiger partial charge in [-0.15, -0.1) is 0 Å². The maximum atomic E-state index is 4.41. The van der Waals surface area contributed by atoms with Crippen LogP contribution in [0.2, 0.25) is 0 Å². The number of nitrogens with zero attached hydrogens (tertiary/aromatic N) is 1. The molecule has 0 aliphatic rings. The Morgan fingerprint density at radius 1 is 1.46 bits per heavy atom. The summed E-state index contributed by atoms with van der Waals surface area (Å²) in [5, 5.41) is 0. The SMILES string of the molecule is C=C/C(Br)=C\c1nc(C)ccc1C. The minimum Gasteiger partial charge on any atom is -0.253 e. The summed E-state index contributed by atoms with van der Waals surface area (Å²) >= 11 is 3.38. The molecule has 0 unspecified atom stereocenters. The standard InChI is InChI=1S/C11H12BrN/c1-4-10(12)7-11-8(2)5-6-9(3)13-11/h4-7H,1H2,2-3H3/b10-7+. The van der Waals surface area contributed by atoms with E-state index in [9.17, 15) is 0 Å². The van der Waals surface area contributed by atoms with Crippen LogP contribution >= 0.6 is 15.9 Å². The zero-order valence-corrected chi connectivity index (χ0v) is 9.43. The van der Waals surface area contributed by atoms with Gasteiger partial charge < -0.3 is 0 Å². The molecule has 0 saturated heterocycles. The van der Waals surface area contributed by atoms with Gasteiger partial charge in [-0.3, -0.25) is 4.98 Å². The van der Waals surface area contributed by atoms with Gasteiger partial charge in [0.2, 0.25) is 0 Å². The minimum absolute atomic E-state index is 0.952. The summed E-state index contributed by atoms with van der Waals surface area (Å²) in [5.41, 5.74) is 3.19. The van der Waals surface area contributed by atoms with Crippen molar-refractivity contribution in [2.24, 2.45) is 0 Å². The van der Waals surface area contributed by atoms with Crippen LogP contribution < -0.4 is 0 Å². The molecule has 1 rings (SSSR count). The number of pyridine rings is 1. The summed E-state index contributed by atoms with van der Waals surface area (Å²) < 4.78 is 0.952. The van der Waals surface area contributed by atoms with Crippen molar-refractivity contribution in [3.63, 3.8) is 0 Å². The average Bonchev–Trinajstić information content (AvgIpc) is 2.11. The van der Waals surface area contributed by atoms with Crippen molar-refractivity contribution in [2.75, 3.05) is 0 Å². The summed E-state index contributed by atoms with van der Waals surface area (Å²) in [6.45, 7) is 7.69. The largest absolute Gasteiger partial charge is 0.253 e. The number of hydrogen-bond donors (Lipinski definition) is 0. The quantitative estimate of drug-likeness (QED) is 0.717. The van der Waals surface area contributed by atoms with Crippen LogP contribution in [-0.4, -0.2) is 4.98 Å². The number of aryl methyl sites for hydroxylation is 2. The molecule has 0 aromatic carbocycles. The first-order chi connectivity index (χ1) is 6.13. The van der Waals surface area contributed by atoms with Gasteiger partial charge in [0.25, 0.3) is 0 Å². The summed E-state index contributed by atoms with van der Waals surface area (Å²) in [6.07, 6.45) is 3.72. The fourth-order valence-corrected chi connectivity index (χ4v) is 1.20. The molecule has 0 radical (unpaired) electrons. The molecule has 1 nitrogen and oxygen atoms in total. The maximum Gasteiger partial charge on any atom is 0.0673 e. The highest BCUT2D eigenvalue weighted by Gasteiger charge is 1.96. The van der Waals surface area contributed by atoms with Crippen molar-refractivity contribution in [2.45, 2.75) is 13.8 Å². The molecule has 0 fully saturated rings. The van der Waals surface area contributed by atoms with Gasteiger partial charge in [-0.25, -0.2) is 0 Å². The fourth-order valence-electron chi connectivity index (χ4n) is 0.982. The highest BCUT2D eigenvalue weighted by Crippen LogP contribution is 2.14. The first-order valence-electron chi connectivity index (χ1n) is 4.07. The molecule has 0 atom stereocenters. The van der Waals surface area contributed by atoms with Gasteiger partial charge in [0.1, 0.15) is 0 Å². The van der Waals surface area contributed by atoms with E-state index >= 15 is 0 Å². The topological polar surface area (TPSA) is 12.9 Å². The third kappa shape index (κ3) is 2.81. The number of rotatable bonds is 2. The number of aromatic nitrogens is 1. The van der Waals surface area contributed by atoms with Crippen LogP contribution in [0.1, 0.15) is 17.0 Å². The number of halogens is 1. The van der Waals surface area contributed by atoms with Gasteiger partial charge in [0.15, 0.2) is 0 Å². The lowest BCUT2D eigenvalue weighted by Crippen LogP contribution is -1.89. The Hall–Kier alpha value is -0.890. The molecule has 0 spiro atoms. The Balaban J connectivity index is 3.13. The van der Waals surface area contributed by atoms with E-state index in [0.717, 1.165) is 15.9 Å². The van der Waals surface area contributed by atoms with Crippen molar-refractivity contribution in [1.29, 1.82) is 0 Å². The minimum atomic E-state index is 0.952. The zero-order valence-electron chi connectivity index (χ0n) is 7.84. The van der Waals surface area contributed by atoms with E-state index in [4.69, 9.17) is 0 Å². The summed E-state index contributed by atoms with van der Waals surface area (Å²) in [6, 6.07) is 4.08. The summed E-state index contributed by atoms with van der Waals surface area (Å²) in [5.74, 6) is 0. The normalized spacial score (nSPS) is 11.5. The first-order valence-corrected chi connectivity index (χ1v) is 4.86. The van der Waals surface area contributed by atoms with Crippen molar-refractivity contribution in [3.8, 4) is 0 Å². The van der Waals surface area contributed by atoms with E-state index in [-0.39, 0.29) is 0 Å². The van der Waals surface area contributed by atoms with E-state index in [1.54, 1.807) is 6.08 Å². The molecule has 0 aliphatic carbocycles. The zero-order chi connectivity index (χ0) is 9.84. The van der Waals surface area contributed by atoms with Crippen molar-refractivity contribution >= 4 is 22.0 Å². The number of hydrogen-bond acceptors (Lipinski definition) is 1. The molecular weight excluding hydrogens is 226 g/mol. The van der Waals surface area contributed by atoms with E-state index in [1.807, 2.05) is 26.0 Å². The Morgan fingerprint density at radius 2 is 2.15 bits per heavy atom. The van der Waals surface area contributed by atoms with Crippen LogP contribution in [0, 0.1) is 13.8 Å². The van der Waals surface area contributed by atoms with Crippen LogP contribution in [0.4, 0.5) is 0 Å². The molecule has 0 N–H and O–H groups in total. The Kier molecular flexibility index (Phi) is 3.43. The molecule has 0 saturated carbocycles. The van der Waals surface area contributed by atoms with E-state index in [0.29, 0.717) is 0 Å². The van der Waals surface area contributed by atoms with Crippen molar-refractivity contribution in [1.82, 2.24) is 4.98 Å². The van der Waals surface area contributed by atoms with E-state index in [1.165, 1.54) is 5.56 Å². The molecule has 0 aliphatic heterocycles. The lowest BCUT2D eigenvalue weighted by molar-refractivity contribution is 1.15. The monoisotopic (exact) mass is 237 g/mol. The molecule has 68 valence electrons. The Bertz CT molecular complexity index is 353. The predicted molar refractivity (Wildman–Crippen MR) is 60.8 cm³/mol. The lowest BCUT2D eigenvalue weighted by Gasteiger charge is -2.00. The van der Waals surface area contributed by atoms with Crippen molar-refractivity contribution in [3.05, 3.63) is 46.2 Å². The third-order valence-electron chi connectivity index (χ3n) is 1.74. The third-order valence-corrected chi connectivity index (χ3v) is 2.30. The molecule has 0 bridgehead atoms. The molecule has 13 heavy (non-hydrogen) atoms. The average molecular weight is 238 g/mol. The van der Waals surface area contributed by atoms with Crippen LogP contribution in [0.5, 0.6) is 0 Å². The number of allylic oxidation sites excluding steroid dienone is 2. The van der Waals surface area contributed by atoms with Crippen LogP contribution in [-0.2, 0) is 0 Å². The van der Waals surface area contributed by atoms with E-state index in [2.05, 4.69) is 33.6 Å². The molecule has 1 aromatic rings. The van der Waals surface area contributed by atoms with Gasteiger partial charge in [0.05, 0.1) is 5.69 Å². The van der Waals surface area contributed by atoms with Crippen LogP contribution in [0.3, 0.4) is 0 Å². The lowest BCUT2D eigenvalue weighted by atomic mass is 10.2. The van der Waals surface area contributed by atoms with Gasteiger partial charge in [-0.2, -0.15) is 0 Å². The second-order valence-corrected chi connectivity index (χ2v) is 3.80. The van der Waals surface area contributed by atoms with Crippen LogP contribution in [0.15, 0.2) is 29.3 Å². The predicted octanol–water partition coefficient (Wildman–Crippen LogP) is 3.62. The summed E-state index contributed by atoms with van der Waals surface area (Å²) in [4.78, 5) is 4.41. The smallest absolute Gasteiger partial charge is 0.0673 e. The Morgan fingerprint density at radius 3 is 2.77 bits per heavy atom. The van der Waals surface area contributed by atoms with Gasteiger partial charge in [0, 0.05) is 10.2 Å². The molecule has 0 amide bonds.